The number of unbranched alkanes of at least 4 members (excludes halogenated alkanes) is 3. The Kier molecular flexibility index (Phi) is 6.32. The summed E-state index contributed by atoms with van der Waals surface area (Å²) in [6.45, 7) is 0.321. The van der Waals surface area contributed by atoms with Gasteiger partial charge < -0.3 is 14.9 Å². The maximum atomic E-state index is 10.7. The van der Waals surface area contributed by atoms with Crippen LogP contribution >= 0.6 is 0 Å². The van der Waals surface area contributed by atoms with E-state index in [0.717, 1.165) is 12.8 Å². The number of aromatic nitrogens is 1. The summed E-state index contributed by atoms with van der Waals surface area (Å²) in [5.41, 5.74) is 0. The minimum atomic E-state index is -3.39. The van der Waals surface area contributed by atoms with Crippen molar-refractivity contribution in [2.24, 2.45) is 5.14 Å². The van der Waals surface area contributed by atoms with Crippen molar-refractivity contribution >= 4 is 15.8 Å². The van der Waals surface area contributed by atoms with Crippen LogP contribution in [-0.2, 0) is 10.0 Å². The largest absolute Gasteiger partial charge is 0.486 e. The Balaban J connectivity index is 2.24. The average Bonchev–Trinajstić information content (AvgIpc) is 2.36. The van der Waals surface area contributed by atoms with Crippen molar-refractivity contribution in [2.75, 3.05) is 12.4 Å². The number of nitrogens with two attached hydrogens (primary N) is 1. The molecule has 1 aromatic rings. The van der Waals surface area contributed by atoms with Gasteiger partial charge in [-0.15, -0.1) is 0 Å². The highest BCUT2D eigenvalue weighted by Gasteiger charge is 2.14. The third-order valence-electron chi connectivity index (χ3n) is 2.50. The molecule has 0 spiro atoms. The van der Waals surface area contributed by atoms with Gasteiger partial charge in [0.05, 0.1) is 12.4 Å². The van der Waals surface area contributed by atoms with E-state index in [-0.39, 0.29) is 17.3 Å². The van der Waals surface area contributed by atoms with Crippen molar-refractivity contribution in [3.63, 3.8) is 0 Å². The molecule has 20 heavy (non-hydrogen) atoms. The third-order valence-corrected chi connectivity index (χ3v) is 3.36. The molecule has 0 atom stereocenters. The molecule has 2 N–H and O–H groups in total. The van der Waals surface area contributed by atoms with E-state index in [4.69, 9.17) is 9.88 Å². The minimum Gasteiger partial charge on any atom is -0.486 e. The van der Waals surface area contributed by atoms with Crippen LogP contribution in [-0.4, -0.2) is 30.7 Å². The molecule has 0 bridgehead atoms. The minimum absolute atomic E-state index is 0.0259. The quantitative estimate of drug-likeness (QED) is 0.415. The van der Waals surface area contributed by atoms with Crippen LogP contribution < -0.4 is 9.88 Å². The zero-order valence-corrected chi connectivity index (χ0v) is 11.7. The standard InChI is InChI=1S/C11H17N3O5S/c12-20(17,18)9-4-2-1-3-8-19-10-6-5-7-13-11(10)14(15)16/h5-7H,1-4,8-9H2,(H2,12,17,18). The van der Waals surface area contributed by atoms with E-state index in [2.05, 4.69) is 4.98 Å². The molecule has 0 fully saturated rings. The Morgan fingerprint density at radius 2 is 2.00 bits per heavy atom. The number of primary sulfonamides is 1. The summed E-state index contributed by atoms with van der Waals surface area (Å²) in [7, 11) is -3.39. The number of sulfonamides is 1. The molecule has 0 aromatic carbocycles. The van der Waals surface area contributed by atoms with Gasteiger partial charge in [0, 0.05) is 0 Å². The topological polar surface area (TPSA) is 125 Å². The third kappa shape index (κ3) is 6.43. The smallest absolute Gasteiger partial charge is 0.406 e. The first-order valence-corrected chi connectivity index (χ1v) is 7.84. The number of nitro groups is 1. The van der Waals surface area contributed by atoms with Gasteiger partial charge in [-0.1, -0.05) is 12.8 Å². The summed E-state index contributed by atoms with van der Waals surface area (Å²) in [4.78, 5) is 13.7. The van der Waals surface area contributed by atoms with E-state index in [0.29, 0.717) is 19.4 Å². The SMILES string of the molecule is NS(=O)(=O)CCCCCCOc1cccnc1[N+](=O)[O-]. The number of nitrogens with zero attached hydrogens (tertiary/aromatic N) is 2. The molecule has 8 nitrogen and oxygen atoms in total. The predicted molar refractivity (Wildman–Crippen MR) is 72.8 cm³/mol. The number of pyridine rings is 1. The van der Waals surface area contributed by atoms with E-state index in [1.807, 2.05) is 0 Å². The Hall–Kier alpha value is -1.74. The second-order valence-corrected chi connectivity index (χ2v) is 5.95. The molecule has 0 saturated heterocycles. The summed E-state index contributed by atoms with van der Waals surface area (Å²) in [5.74, 6) is -0.189. The van der Waals surface area contributed by atoms with Crippen molar-refractivity contribution in [2.45, 2.75) is 25.7 Å². The number of hydrogen-bond donors (Lipinski definition) is 1. The van der Waals surface area contributed by atoms with Crippen LogP contribution in [0.5, 0.6) is 5.75 Å². The lowest BCUT2D eigenvalue weighted by Crippen LogP contribution is -2.16. The van der Waals surface area contributed by atoms with Crippen LogP contribution in [0.2, 0.25) is 0 Å². The highest BCUT2D eigenvalue weighted by molar-refractivity contribution is 7.89. The molecule has 0 saturated carbocycles. The molecule has 1 heterocycles. The zero-order valence-electron chi connectivity index (χ0n) is 10.9. The first kappa shape index (κ1) is 16.3. The van der Waals surface area contributed by atoms with E-state index in [1.165, 1.54) is 12.3 Å². The molecule has 0 aliphatic carbocycles. The van der Waals surface area contributed by atoms with Crippen LogP contribution in [0.1, 0.15) is 25.7 Å². The fourth-order valence-corrected chi connectivity index (χ4v) is 2.18. The second kappa shape index (κ2) is 7.75. The van der Waals surface area contributed by atoms with Crippen LogP contribution in [0, 0.1) is 10.1 Å². The molecule has 0 radical (unpaired) electrons. The monoisotopic (exact) mass is 303 g/mol. The molecule has 112 valence electrons. The van der Waals surface area contributed by atoms with Crippen LogP contribution in [0.15, 0.2) is 18.3 Å². The van der Waals surface area contributed by atoms with Gasteiger partial charge in [-0.25, -0.2) is 13.6 Å². The Morgan fingerprint density at radius 3 is 2.65 bits per heavy atom. The lowest BCUT2D eigenvalue weighted by atomic mass is 10.2. The maximum absolute atomic E-state index is 10.7. The van der Waals surface area contributed by atoms with Gasteiger partial charge in [0.25, 0.3) is 0 Å². The molecule has 9 heteroatoms. The average molecular weight is 303 g/mol. The normalized spacial score (nSPS) is 11.2. The Bertz CT molecular complexity index is 547. The van der Waals surface area contributed by atoms with Crippen molar-refractivity contribution in [1.29, 1.82) is 0 Å². The maximum Gasteiger partial charge on any atom is 0.406 e. The van der Waals surface area contributed by atoms with Crippen LogP contribution in [0.25, 0.3) is 0 Å². The van der Waals surface area contributed by atoms with Gasteiger partial charge in [-0.2, -0.15) is 0 Å². The molecule has 0 amide bonds. The van der Waals surface area contributed by atoms with E-state index in [1.54, 1.807) is 6.07 Å². The first-order valence-electron chi connectivity index (χ1n) is 6.13. The number of ether oxygens (including phenoxy) is 1. The van der Waals surface area contributed by atoms with Gasteiger partial charge in [-0.05, 0) is 34.9 Å². The zero-order chi connectivity index (χ0) is 15.0. The number of rotatable bonds is 9. The molecular formula is C11H17N3O5S. The summed E-state index contributed by atoms with van der Waals surface area (Å²) in [5, 5.41) is 15.6. The fraction of sp³-hybridized carbons (Fsp3) is 0.545. The predicted octanol–water partition coefficient (Wildman–Crippen LogP) is 1.22. The summed E-state index contributed by atoms with van der Waals surface area (Å²) in [6, 6.07) is 3.06. The second-order valence-electron chi connectivity index (χ2n) is 4.21. The summed E-state index contributed by atoms with van der Waals surface area (Å²) in [6.07, 6.45) is 4.00. The van der Waals surface area contributed by atoms with Crippen LogP contribution in [0.4, 0.5) is 5.82 Å². The molecule has 1 aromatic heterocycles. The molecular weight excluding hydrogens is 286 g/mol. The van der Waals surface area contributed by atoms with E-state index in [9.17, 15) is 18.5 Å². The van der Waals surface area contributed by atoms with Crippen molar-refractivity contribution in [3.8, 4) is 5.75 Å². The molecule has 0 unspecified atom stereocenters. The Morgan fingerprint density at radius 1 is 1.30 bits per heavy atom. The Labute approximate surface area is 117 Å². The van der Waals surface area contributed by atoms with Crippen molar-refractivity contribution in [3.05, 3.63) is 28.4 Å². The van der Waals surface area contributed by atoms with Gasteiger partial charge in [0.2, 0.25) is 15.8 Å². The van der Waals surface area contributed by atoms with Crippen LogP contribution in [0.3, 0.4) is 0 Å². The lowest BCUT2D eigenvalue weighted by molar-refractivity contribution is -0.390. The van der Waals surface area contributed by atoms with E-state index < -0.39 is 14.9 Å². The first-order chi connectivity index (χ1) is 9.40. The van der Waals surface area contributed by atoms with Crippen molar-refractivity contribution < 1.29 is 18.1 Å². The van der Waals surface area contributed by atoms with Gasteiger partial charge in [0.1, 0.15) is 6.20 Å². The highest BCUT2D eigenvalue weighted by Crippen LogP contribution is 2.23. The summed E-state index contributed by atoms with van der Waals surface area (Å²) < 4.78 is 26.7. The van der Waals surface area contributed by atoms with Gasteiger partial charge in [-0.3, -0.25) is 0 Å². The van der Waals surface area contributed by atoms with Gasteiger partial charge in [0.15, 0.2) is 0 Å². The van der Waals surface area contributed by atoms with Crippen molar-refractivity contribution in [1.82, 2.24) is 4.98 Å². The summed E-state index contributed by atoms with van der Waals surface area (Å²) >= 11 is 0. The molecule has 0 aliphatic heterocycles. The fourth-order valence-electron chi connectivity index (χ4n) is 1.57. The molecule has 1 rings (SSSR count). The van der Waals surface area contributed by atoms with Gasteiger partial charge >= 0.3 is 5.82 Å². The lowest BCUT2D eigenvalue weighted by Gasteiger charge is -2.05. The highest BCUT2D eigenvalue weighted by atomic mass is 32.2. The van der Waals surface area contributed by atoms with E-state index >= 15 is 0 Å². The molecule has 0 aliphatic rings. The number of hydrogen-bond acceptors (Lipinski definition) is 6.